The molecule has 7 heteroatoms. The van der Waals surface area contributed by atoms with E-state index < -0.39 is 0 Å². The molecule has 0 saturated heterocycles. The lowest BCUT2D eigenvalue weighted by Gasteiger charge is -2.16. The van der Waals surface area contributed by atoms with Gasteiger partial charge in [0.05, 0.1) is 5.75 Å². The van der Waals surface area contributed by atoms with E-state index in [1.54, 1.807) is 0 Å². The molecule has 0 amide bonds. The lowest BCUT2D eigenvalue weighted by molar-refractivity contribution is 0.102. The number of Topliss-reactive ketones (excluding diaryl/α,β-unsaturated/α-hetero) is 1. The largest absolute Gasteiger partial charge is 0.361 e. The third-order valence-electron chi connectivity index (χ3n) is 3.90. The second kappa shape index (κ2) is 6.49. The first kappa shape index (κ1) is 15.5. The number of fused-ring (bicyclic) bond motifs is 3. The molecular weight excluding hydrogens is 388 g/mol. The number of thioether (sulfide) groups is 1. The van der Waals surface area contributed by atoms with Gasteiger partial charge in [-0.1, -0.05) is 58.0 Å². The monoisotopic (exact) mass is 400 g/mol. The van der Waals surface area contributed by atoms with Crippen molar-refractivity contribution >= 4 is 44.3 Å². The first-order chi connectivity index (χ1) is 11.7. The van der Waals surface area contributed by atoms with Crippen molar-refractivity contribution in [1.29, 1.82) is 0 Å². The summed E-state index contributed by atoms with van der Waals surface area (Å²) in [6.45, 7) is 0. The van der Waals surface area contributed by atoms with Crippen LogP contribution >= 0.6 is 27.7 Å². The van der Waals surface area contributed by atoms with E-state index in [-0.39, 0.29) is 18.0 Å². The van der Waals surface area contributed by atoms with E-state index in [4.69, 9.17) is 0 Å². The Hall–Kier alpha value is -1.99. The molecule has 1 N–H and O–H groups in total. The molecule has 120 valence electrons. The number of azo groups is 1. The Morgan fingerprint density at radius 1 is 1.17 bits per heavy atom. The van der Waals surface area contributed by atoms with Gasteiger partial charge in [-0.25, -0.2) is 4.99 Å². The molecule has 4 rings (SSSR count). The van der Waals surface area contributed by atoms with E-state index in [9.17, 15) is 4.79 Å². The fraction of sp³-hybridized carbons (Fsp3) is 0.176. The van der Waals surface area contributed by atoms with E-state index in [1.807, 2.05) is 48.5 Å². The maximum Gasteiger partial charge on any atom is 0.206 e. The predicted molar refractivity (Wildman–Crippen MR) is 99.8 cm³/mol. The van der Waals surface area contributed by atoms with Crippen LogP contribution in [0.2, 0.25) is 0 Å². The molecule has 0 saturated carbocycles. The smallest absolute Gasteiger partial charge is 0.206 e. The summed E-state index contributed by atoms with van der Waals surface area (Å²) in [6, 6.07) is 15.3. The van der Waals surface area contributed by atoms with Crippen molar-refractivity contribution in [3.8, 4) is 0 Å². The van der Waals surface area contributed by atoms with Crippen LogP contribution in [0.5, 0.6) is 0 Å². The fourth-order valence-corrected chi connectivity index (χ4v) is 3.68. The van der Waals surface area contributed by atoms with Crippen molar-refractivity contribution in [2.75, 3.05) is 11.1 Å². The van der Waals surface area contributed by atoms with Gasteiger partial charge >= 0.3 is 0 Å². The van der Waals surface area contributed by atoms with E-state index in [0.29, 0.717) is 16.5 Å². The van der Waals surface area contributed by atoms with Crippen molar-refractivity contribution in [3.05, 3.63) is 64.1 Å². The predicted octanol–water partition coefficient (Wildman–Crippen LogP) is 4.68. The van der Waals surface area contributed by atoms with Crippen molar-refractivity contribution in [2.24, 2.45) is 15.2 Å². The van der Waals surface area contributed by atoms with Gasteiger partial charge in [0.2, 0.25) is 5.17 Å². The third kappa shape index (κ3) is 3.01. The minimum Gasteiger partial charge on any atom is -0.361 e. The molecule has 2 heterocycles. The summed E-state index contributed by atoms with van der Waals surface area (Å²) in [7, 11) is 0. The molecule has 0 aliphatic carbocycles. The van der Waals surface area contributed by atoms with Gasteiger partial charge < -0.3 is 5.32 Å². The number of rotatable bonds is 3. The van der Waals surface area contributed by atoms with Crippen LogP contribution < -0.4 is 5.32 Å². The van der Waals surface area contributed by atoms with Gasteiger partial charge in [-0.3, -0.25) is 4.79 Å². The maximum atomic E-state index is 12.2. The SMILES string of the molecule is O=C(CSC1=N[C@@H]2Nc3ccccc3[C@H]2N=N1)c1ccc(Br)cc1. The molecule has 0 radical (unpaired) electrons. The number of carbonyl (C=O) groups is 1. The lowest BCUT2D eigenvalue weighted by Crippen LogP contribution is -2.21. The standard InChI is InChI=1S/C17H13BrN4OS/c18-11-7-5-10(6-8-11)14(23)9-24-17-20-16-15(21-22-17)12-3-1-2-4-13(12)19-16/h1-8,15-16,19H,9H2/t15-,16+/m1/s1. The van der Waals surface area contributed by atoms with Crippen molar-refractivity contribution in [3.63, 3.8) is 0 Å². The Labute approximate surface area is 151 Å². The summed E-state index contributed by atoms with van der Waals surface area (Å²) in [6.07, 6.45) is -0.134. The summed E-state index contributed by atoms with van der Waals surface area (Å²) < 4.78 is 0.954. The second-order valence-corrected chi connectivity index (χ2v) is 7.33. The summed E-state index contributed by atoms with van der Waals surface area (Å²) in [4.78, 5) is 16.8. The Morgan fingerprint density at radius 2 is 1.96 bits per heavy atom. The summed E-state index contributed by atoms with van der Waals surface area (Å²) >= 11 is 4.68. The minimum atomic E-state index is -0.134. The fourth-order valence-electron chi connectivity index (χ4n) is 2.69. The molecule has 0 unspecified atom stereocenters. The Bertz CT molecular complexity index is 850. The molecule has 2 aromatic rings. The number of para-hydroxylation sites is 1. The van der Waals surface area contributed by atoms with Crippen LogP contribution in [0, 0.1) is 0 Å². The van der Waals surface area contributed by atoms with Crippen molar-refractivity contribution in [2.45, 2.75) is 12.2 Å². The zero-order valence-corrected chi connectivity index (χ0v) is 14.9. The van der Waals surface area contributed by atoms with E-state index in [2.05, 4.69) is 36.5 Å². The number of nitrogens with zero attached hydrogens (tertiary/aromatic N) is 3. The molecular formula is C17H13BrN4OS. The summed E-state index contributed by atoms with van der Waals surface area (Å²) in [5.74, 6) is 0.347. The van der Waals surface area contributed by atoms with Crippen LogP contribution in [-0.2, 0) is 0 Å². The molecule has 0 fully saturated rings. The Balaban J connectivity index is 1.42. The minimum absolute atomic E-state index is 0.0511. The maximum absolute atomic E-state index is 12.2. The highest BCUT2D eigenvalue weighted by atomic mass is 79.9. The van der Waals surface area contributed by atoms with Crippen LogP contribution in [0.4, 0.5) is 5.69 Å². The number of amidine groups is 1. The molecule has 2 atom stereocenters. The second-order valence-electron chi connectivity index (χ2n) is 5.47. The normalized spacial score (nSPS) is 20.8. The molecule has 2 aromatic carbocycles. The number of halogens is 1. The van der Waals surface area contributed by atoms with Crippen LogP contribution in [0.25, 0.3) is 0 Å². The number of carbonyl (C=O) groups excluding carboxylic acids is 1. The highest BCUT2D eigenvalue weighted by Gasteiger charge is 2.34. The van der Waals surface area contributed by atoms with E-state index in [1.165, 1.54) is 11.8 Å². The number of aliphatic imine (C=N–C) groups is 1. The topological polar surface area (TPSA) is 66.2 Å². The molecule has 2 aliphatic heterocycles. The number of hydrogen-bond acceptors (Lipinski definition) is 6. The van der Waals surface area contributed by atoms with Gasteiger partial charge in [0.15, 0.2) is 11.9 Å². The van der Waals surface area contributed by atoms with E-state index >= 15 is 0 Å². The zero-order valence-electron chi connectivity index (χ0n) is 12.5. The first-order valence-electron chi connectivity index (χ1n) is 7.46. The van der Waals surface area contributed by atoms with Crippen LogP contribution in [0.3, 0.4) is 0 Å². The van der Waals surface area contributed by atoms with Crippen LogP contribution in [0.15, 0.2) is 68.2 Å². The molecule has 0 aromatic heterocycles. The van der Waals surface area contributed by atoms with Gasteiger partial charge in [-0.05, 0) is 18.2 Å². The van der Waals surface area contributed by atoms with Crippen LogP contribution in [0.1, 0.15) is 22.0 Å². The van der Waals surface area contributed by atoms with Gasteiger partial charge in [0.1, 0.15) is 6.04 Å². The highest BCUT2D eigenvalue weighted by molar-refractivity contribution is 9.10. The Morgan fingerprint density at radius 3 is 2.79 bits per heavy atom. The highest BCUT2D eigenvalue weighted by Crippen LogP contribution is 2.39. The van der Waals surface area contributed by atoms with Crippen molar-refractivity contribution < 1.29 is 4.79 Å². The molecule has 0 bridgehead atoms. The molecule has 5 nitrogen and oxygen atoms in total. The molecule has 0 spiro atoms. The molecule has 24 heavy (non-hydrogen) atoms. The molecule has 2 aliphatic rings. The Kier molecular flexibility index (Phi) is 4.20. The van der Waals surface area contributed by atoms with E-state index in [0.717, 1.165) is 15.7 Å². The number of anilines is 1. The van der Waals surface area contributed by atoms with Gasteiger partial charge in [0, 0.05) is 21.3 Å². The van der Waals surface area contributed by atoms with Crippen LogP contribution in [-0.4, -0.2) is 22.9 Å². The third-order valence-corrected chi connectivity index (χ3v) is 5.28. The van der Waals surface area contributed by atoms with Gasteiger partial charge in [-0.15, -0.1) is 5.11 Å². The quantitative estimate of drug-likeness (QED) is 0.760. The summed E-state index contributed by atoms with van der Waals surface area (Å²) in [5, 5.41) is 12.4. The number of nitrogens with one attached hydrogen (secondary N) is 1. The average Bonchev–Trinajstić information content (AvgIpc) is 2.98. The number of hydrogen-bond donors (Lipinski definition) is 1. The summed E-state index contributed by atoms with van der Waals surface area (Å²) in [5.41, 5.74) is 2.85. The van der Waals surface area contributed by atoms with Gasteiger partial charge in [-0.2, -0.15) is 5.11 Å². The lowest BCUT2D eigenvalue weighted by atomic mass is 10.1. The van der Waals surface area contributed by atoms with Gasteiger partial charge in [0.25, 0.3) is 0 Å². The number of ketones is 1. The zero-order chi connectivity index (χ0) is 16.5. The number of benzene rings is 2. The average molecular weight is 401 g/mol. The first-order valence-corrected chi connectivity index (χ1v) is 9.24. The van der Waals surface area contributed by atoms with Crippen molar-refractivity contribution in [1.82, 2.24) is 0 Å².